The van der Waals surface area contributed by atoms with E-state index in [9.17, 15) is 0 Å². The van der Waals surface area contributed by atoms with E-state index < -0.39 is 0 Å². The Morgan fingerprint density at radius 1 is 0.944 bits per heavy atom. The van der Waals surface area contributed by atoms with Crippen molar-refractivity contribution < 1.29 is 0 Å². The lowest BCUT2D eigenvalue weighted by Crippen LogP contribution is -2.13. The summed E-state index contributed by atoms with van der Waals surface area (Å²) in [5, 5.41) is 2.51. The van der Waals surface area contributed by atoms with Gasteiger partial charge in [0.05, 0.1) is 6.04 Å². The molecule has 3 rings (SSSR count). The Hall–Kier alpha value is -1.86. The lowest BCUT2D eigenvalue weighted by Gasteiger charge is -2.18. The predicted molar refractivity (Wildman–Crippen MR) is 77.3 cm³/mol. The SMILES string of the molecule is NC(C1=CCCC=C1)c1cccc2ccccc12. The van der Waals surface area contributed by atoms with Crippen LogP contribution in [-0.2, 0) is 0 Å². The maximum Gasteiger partial charge on any atom is 0.0554 e. The molecule has 0 spiro atoms. The zero-order valence-corrected chi connectivity index (χ0v) is 10.3. The normalized spacial score (nSPS) is 16.6. The number of hydrogen-bond acceptors (Lipinski definition) is 1. The summed E-state index contributed by atoms with van der Waals surface area (Å²) in [6.45, 7) is 0. The van der Waals surface area contributed by atoms with Crippen molar-refractivity contribution in [2.45, 2.75) is 18.9 Å². The molecule has 0 radical (unpaired) electrons. The molecule has 1 unspecified atom stereocenters. The second kappa shape index (κ2) is 4.79. The Bertz CT molecular complexity index is 617. The summed E-state index contributed by atoms with van der Waals surface area (Å²) in [5.41, 5.74) is 8.86. The van der Waals surface area contributed by atoms with Crippen LogP contribution in [0.1, 0.15) is 24.4 Å². The molecule has 2 aromatic rings. The standard InChI is InChI=1S/C17H17N/c18-17(14-8-2-1-3-9-14)16-12-6-10-13-7-4-5-11-15(13)16/h2,4-12,17H,1,3,18H2. The highest BCUT2D eigenvalue weighted by atomic mass is 14.6. The lowest BCUT2D eigenvalue weighted by atomic mass is 9.91. The largest absolute Gasteiger partial charge is 0.320 e. The molecule has 1 aliphatic carbocycles. The fraction of sp³-hybridized carbons (Fsp3) is 0.176. The molecule has 1 heteroatoms. The number of allylic oxidation sites excluding steroid dienone is 2. The predicted octanol–water partition coefficient (Wildman–Crippen LogP) is 4.12. The minimum Gasteiger partial charge on any atom is -0.320 e. The van der Waals surface area contributed by atoms with E-state index in [1.807, 2.05) is 0 Å². The average molecular weight is 235 g/mol. The van der Waals surface area contributed by atoms with Gasteiger partial charge in [-0.3, -0.25) is 0 Å². The molecule has 90 valence electrons. The first-order valence-corrected chi connectivity index (χ1v) is 6.46. The van der Waals surface area contributed by atoms with Gasteiger partial charge in [0.2, 0.25) is 0 Å². The van der Waals surface area contributed by atoms with E-state index in [4.69, 9.17) is 5.73 Å². The van der Waals surface area contributed by atoms with Crippen LogP contribution in [0.15, 0.2) is 66.3 Å². The molecule has 0 amide bonds. The quantitative estimate of drug-likeness (QED) is 0.832. The van der Waals surface area contributed by atoms with Crippen LogP contribution in [0.4, 0.5) is 0 Å². The van der Waals surface area contributed by atoms with Gasteiger partial charge in [-0.05, 0) is 34.8 Å². The van der Waals surface area contributed by atoms with Crippen molar-refractivity contribution in [3.63, 3.8) is 0 Å². The Morgan fingerprint density at radius 2 is 1.78 bits per heavy atom. The first kappa shape index (κ1) is 11.2. The summed E-state index contributed by atoms with van der Waals surface area (Å²) in [6, 6.07) is 14.8. The van der Waals surface area contributed by atoms with Gasteiger partial charge >= 0.3 is 0 Å². The molecule has 0 heterocycles. The summed E-state index contributed by atoms with van der Waals surface area (Å²) in [4.78, 5) is 0. The summed E-state index contributed by atoms with van der Waals surface area (Å²) >= 11 is 0. The Labute approximate surface area is 108 Å². The molecule has 0 saturated carbocycles. The fourth-order valence-electron chi connectivity index (χ4n) is 2.57. The molecule has 0 aliphatic heterocycles. The van der Waals surface area contributed by atoms with Crippen LogP contribution in [-0.4, -0.2) is 0 Å². The highest BCUT2D eigenvalue weighted by molar-refractivity contribution is 5.86. The molecule has 18 heavy (non-hydrogen) atoms. The van der Waals surface area contributed by atoms with Crippen LogP contribution in [0.25, 0.3) is 10.8 Å². The van der Waals surface area contributed by atoms with E-state index in [0.717, 1.165) is 12.8 Å². The molecular formula is C17H17N. The molecular weight excluding hydrogens is 218 g/mol. The van der Waals surface area contributed by atoms with Gasteiger partial charge in [0.1, 0.15) is 0 Å². The van der Waals surface area contributed by atoms with Gasteiger partial charge in [0, 0.05) is 0 Å². The third-order valence-corrected chi connectivity index (χ3v) is 3.54. The second-order valence-corrected chi connectivity index (χ2v) is 4.73. The first-order valence-electron chi connectivity index (χ1n) is 6.46. The molecule has 2 N–H and O–H groups in total. The van der Waals surface area contributed by atoms with Gasteiger partial charge in [0.15, 0.2) is 0 Å². The van der Waals surface area contributed by atoms with Crippen LogP contribution in [0.2, 0.25) is 0 Å². The smallest absolute Gasteiger partial charge is 0.0554 e. The van der Waals surface area contributed by atoms with E-state index in [1.54, 1.807) is 0 Å². The Morgan fingerprint density at radius 3 is 2.61 bits per heavy atom. The third kappa shape index (κ3) is 1.98. The van der Waals surface area contributed by atoms with Gasteiger partial charge in [-0.1, -0.05) is 60.7 Å². The monoisotopic (exact) mass is 235 g/mol. The summed E-state index contributed by atoms with van der Waals surface area (Å²) < 4.78 is 0. The van der Waals surface area contributed by atoms with E-state index in [-0.39, 0.29) is 6.04 Å². The molecule has 2 aromatic carbocycles. The van der Waals surface area contributed by atoms with Crippen molar-refractivity contribution in [3.8, 4) is 0 Å². The zero-order chi connectivity index (χ0) is 12.4. The van der Waals surface area contributed by atoms with Gasteiger partial charge in [0.25, 0.3) is 0 Å². The Balaban J connectivity index is 2.08. The van der Waals surface area contributed by atoms with Gasteiger partial charge < -0.3 is 5.73 Å². The highest BCUT2D eigenvalue weighted by Crippen LogP contribution is 2.29. The van der Waals surface area contributed by atoms with Crippen molar-refractivity contribution in [2.24, 2.45) is 5.73 Å². The van der Waals surface area contributed by atoms with Crippen LogP contribution in [0.3, 0.4) is 0 Å². The van der Waals surface area contributed by atoms with E-state index in [2.05, 4.69) is 60.7 Å². The van der Waals surface area contributed by atoms with E-state index >= 15 is 0 Å². The number of nitrogens with two attached hydrogens (primary N) is 1. The van der Waals surface area contributed by atoms with Crippen molar-refractivity contribution in [2.75, 3.05) is 0 Å². The minimum atomic E-state index is -0.0207. The summed E-state index contributed by atoms with van der Waals surface area (Å²) in [6.07, 6.45) is 8.86. The van der Waals surface area contributed by atoms with Crippen LogP contribution in [0.5, 0.6) is 0 Å². The van der Waals surface area contributed by atoms with Gasteiger partial charge in [-0.25, -0.2) is 0 Å². The van der Waals surface area contributed by atoms with Crippen LogP contribution < -0.4 is 5.73 Å². The molecule has 0 aromatic heterocycles. The topological polar surface area (TPSA) is 26.0 Å². The second-order valence-electron chi connectivity index (χ2n) is 4.73. The van der Waals surface area contributed by atoms with E-state index in [0.29, 0.717) is 0 Å². The number of fused-ring (bicyclic) bond motifs is 1. The molecule has 1 nitrogen and oxygen atoms in total. The molecule has 1 aliphatic rings. The van der Waals surface area contributed by atoms with Crippen molar-refractivity contribution >= 4 is 10.8 Å². The lowest BCUT2D eigenvalue weighted by molar-refractivity contribution is 0.850. The summed E-state index contributed by atoms with van der Waals surface area (Å²) in [5.74, 6) is 0. The summed E-state index contributed by atoms with van der Waals surface area (Å²) in [7, 11) is 0. The molecule has 0 fully saturated rings. The maximum absolute atomic E-state index is 6.42. The van der Waals surface area contributed by atoms with E-state index in [1.165, 1.54) is 21.9 Å². The number of hydrogen-bond donors (Lipinski definition) is 1. The van der Waals surface area contributed by atoms with Crippen molar-refractivity contribution in [3.05, 3.63) is 71.8 Å². The maximum atomic E-state index is 6.42. The third-order valence-electron chi connectivity index (χ3n) is 3.54. The number of rotatable bonds is 2. The van der Waals surface area contributed by atoms with Gasteiger partial charge in [-0.2, -0.15) is 0 Å². The molecule has 0 saturated heterocycles. The van der Waals surface area contributed by atoms with Crippen LogP contribution >= 0.6 is 0 Å². The van der Waals surface area contributed by atoms with Crippen molar-refractivity contribution in [1.82, 2.24) is 0 Å². The minimum absolute atomic E-state index is 0.0207. The van der Waals surface area contributed by atoms with Crippen LogP contribution in [0, 0.1) is 0 Å². The fourth-order valence-corrected chi connectivity index (χ4v) is 2.57. The highest BCUT2D eigenvalue weighted by Gasteiger charge is 2.13. The van der Waals surface area contributed by atoms with Gasteiger partial charge in [-0.15, -0.1) is 0 Å². The Kier molecular flexibility index (Phi) is 2.99. The number of benzene rings is 2. The molecule has 0 bridgehead atoms. The average Bonchev–Trinajstić information content (AvgIpc) is 2.47. The molecule has 1 atom stereocenters. The van der Waals surface area contributed by atoms with Crippen molar-refractivity contribution in [1.29, 1.82) is 0 Å². The zero-order valence-electron chi connectivity index (χ0n) is 10.3. The first-order chi connectivity index (χ1) is 8.86.